The molecule has 1 aromatic heterocycles. The van der Waals surface area contributed by atoms with Crippen LogP contribution in [-0.2, 0) is 4.79 Å². The lowest BCUT2D eigenvalue weighted by atomic mass is 10.1. The van der Waals surface area contributed by atoms with E-state index in [-0.39, 0.29) is 11.2 Å². The van der Waals surface area contributed by atoms with Gasteiger partial charge in [-0.2, -0.15) is 0 Å². The molecule has 1 saturated carbocycles. The highest BCUT2D eigenvalue weighted by molar-refractivity contribution is 8.00. The van der Waals surface area contributed by atoms with Crippen molar-refractivity contribution < 1.29 is 9.21 Å². The van der Waals surface area contributed by atoms with E-state index in [0.717, 1.165) is 24.0 Å². The summed E-state index contributed by atoms with van der Waals surface area (Å²) >= 11 is 1.30. The van der Waals surface area contributed by atoms with Crippen LogP contribution >= 0.6 is 11.8 Å². The Kier molecular flexibility index (Phi) is 5.00. The second kappa shape index (κ2) is 7.17. The molecular formula is C17H21N3O2S. The highest BCUT2D eigenvalue weighted by Gasteiger charge is 2.23. The number of nitrogens with one attached hydrogen (secondary N) is 1. The summed E-state index contributed by atoms with van der Waals surface area (Å²) in [5.41, 5.74) is 2.03. The zero-order valence-electron chi connectivity index (χ0n) is 13.4. The molecule has 1 fully saturated rings. The molecule has 2 aromatic rings. The predicted molar refractivity (Wildman–Crippen MR) is 90.2 cm³/mol. The third-order valence-corrected chi connectivity index (χ3v) is 4.95. The van der Waals surface area contributed by atoms with E-state index in [1.165, 1.54) is 24.6 Å². The molecule has 1 aromatic carbocycles. The molecule has 5 nitrogen and oxygen atoms in total. The second-order valence-electron chi connectivity index (χ2n) is 5.99. The van der Waals surface area contributed by atoms with Crippen molar-refractivity contribution >= 4 is 17.7 Å². The number of benzene rings is 1. The Balaban J connectivity index is 1.60. The van der Waals surface area contributed by atoms with Crippen LogP contribution in [0.15, 0.2) is 33.9 Å². The van der Waals surface area contributed by atoms with Gasteiger partial charge in [0.2, 0.25) is 11.8 Å². The summed E-state index contributed by atoms with van der Waals surface area (Å²) in [7, 11) is 0. The Labute approximate surface area is 140 Å². The van der Waals surface area contributed by atoms with Gasteiger partial charge in [-0.1, -0.05) is 42.3 Å². The van der Waals surface area contributed by atoms with E-state index >= 15 is 0 Å². The van der Waals surface area contributed by atoms with Crippen LogP contribution in [0, 0.1) is 6.92 Å². The Morgan fingerprint density at radius 3 is 2.87 bits per heavy atom. The van der Waals surface area contributed by atoms with Gasteiger partial charge in [-0.25, -0.2) is 0 Å². The van der Waals surface area contributed by atoms with E-state index in [2.05, 4.69) is 15.5 Å². The largest absolute Gasteiger partial charge is 0.411 e. The third kappa shape index (κ3) is 4.13. The summed E-state index contributed by atoms with van der Waals surface area (Å²) < 4.78 is 5.68. The molecule has 0 aliphatic heterocycles. The number of hydrogen-bond acceptors (Lipinski definition) is 5. The van der Waals surface area contributed by atoms with E-state index in [0.29, 0.717) is 17.2 Å². The summed E-state index contributed by atoms with van der Waals surface area (Å²) in [6.45, 7) is 3.89. The van der Waals surface area contributed by atoms with Gasteiger partial charge in [0.05, 0.1) is 5.25 Å². The molecule has 1 heterocycles. The lowest BCUT2D eigenvalue weighted by molar-refractivity contribution is -0.120. The number of carbonyl (C=O) groups excluding carboxylic acids is 1. The molecule has 1 amide bonds. The highest BCUT2D eigenvalue weighted by Crippen LogP contribution is 2.27. The van der Waals surface area contributed by atoms with Gasteiger partial charge in [-0.3, -0.25) is 4.79 Å². The smallest absolute Gasteiger partial charge is 0.277 e. The number of amides is 1. The Hall–Kier alpha value is -1.82. The summed E-state index contributed by atoms with van der Waals surface area (Å²) in [5, 5.41) is 11.4. The van der Waals surface area contributed by atoms with E-state index in [4.69, 9.17) is 4.42 Å². The molecule has 6 heteroatoms. The van der Waals surface area contributed by atoms with Crippen LogP contribution in [-0.4, -0.2) is 27.4 Å². The van der Waals surface area contributed by atoms with Gasteiger partial charge < -0.3 is 9.73 Å². The van der Waals surface area contributed by atoms with Crippen molar-refractivity contribution in [1.82, 2.24) is 15.5 Å². The minimum atomic E-state index is -0.249. The number of nitrogens with zero attached hydrogens (tertiary/aromatic N) is 2. The van der Waals surface area contributed by atoms with Crippen molar-refractivity contribution in [2.24, 2.45) is 0 Å². The van der Waals surface area contributed by atoms with Crippen molar-refractivity contribution in [3.8, 4) is 11.5 Å². The molecule has 1 aliphatic carbocycles. The lowest BCUT2D eigenvalue weighted by Crippen LogP contribution is -2.37. The normalized spacial score (nSPS) is 16.4. The molecule has 1 aliphatic rings. The summed E-state index contributed by atoms with van der Waals surface area (Å²) in [6, 6.07) is 8.24. The topological polar surface area (TPSA) is 68.0 Å². The van der Waals surface area contributed by atoms with E-state index in [1.807, 2.05) is 38.1 Å². The SMILES string of the molecule is Cc1cccc(-c2nnc(S[C@@H](C)C(=O)NC3CCCC3)o2)c1. The fourth-order valence-corrected chi connectivity index (χ4v) is 3.44. The van der Waals surface area contributed by atoms with Gasteiger partial charge in [0, 0.05) is 11.6 Å². The van der Waals surface area contributed by atoms with E-state index in [1.54, 1.807) is 0 Å². The first kappa shape index (κ1) is 16.1. The summed E-state index contributed by atoms with van der Waals surface area (Å²) in [4.78, 5) is 12.2. The van der Waals surface area contributed by atoms with Gasteiger partial charge >= 0.3 is 0 Å². The monoisotopic (exact) mass is 331 g/mol. The van der Waals surface area contributed by atoms with Crippen LogP contribution in [0.3, 0.4) is 0 Å². The summed E-state index contributed by atoms with van der Waals surface area (Å²) in [6.07, 6.45) is 4.58. The minimum Gasteiger partial charge on any atom is -0.411 e. The van der Waals surface area contributed by atoms with Crippen LogP contribution in [0.25, 0.3) is 11.5 Å². The maximum absolute atomic E-state index is 12.2. The van der Waals surface area contributed by atoms with E-state index < -0.39 is 0 Å². The first-order valence-electron chi connectivity index (χ1n) is 7.99. The average molecular weight is 331 g/mol. The lowest BCUT2D eigenvalue weighted by Gasteiger charge is -2.14. The molecule has 0 spiro atoms. The van der Waals surface area contributed by atoms with Gasteiger partial charge in [-0.15, -0.1) is 10.2 Å². The number of thioether (sulfide) groups is 1. The first-order chi connectivity index (χ1) is 11.1. The molecule has 23 heavy (non-hydrogen) atoms. The maximum Gasteiger partial charge on any atom is 0.277 e. The Bertz CT molecular complexity index is 680. The fraction of sp³-hybridized carbons (Fsp3) is 0.471. The van der Waals surface area contributed by atoms with Gasteiger partial charge in [0.25, 0.3) is 5.22 Å². The molecule has 0 radical (unpaired) electrons. The Morgan fingerprint density at radius 2 is 2.13 bits per heavy atom. The van der Waals surface area contributed by atoms with Gasteiger partial charge in [0.15, 0.2) is 0 Å². The van der Waals surface area contributed by atoms with Crippen LogP contribution in [0.1, 0.15) is 38.2 Å². The number of hydrogen-bond donors (Lipinski definition) is 1. The van der Waals surface area contributed by atoms with E-state index in [9.17, 15) is 4.79 Å². The van der Waals surface area contributed by atoms with Gasteiger partial charge in [0.1, 0.15) is 0 Å². The standard InChI is InChI=1S/C17H21N3O2S/c1-11-6-5-7-13(10-11)16-19-20-17(22-16)23-12(2)15(21)18-14-8-3-4-9-14/h5-7,10,12,14H,3-4,8-9H2,1-2H3,(H,18,21)/t12-/m0/s1. The zero-order chi connectivity index (χ0) is 16.2. The number of carbonyl (C=O) groups is 1. The van der Waals surface area contributed by atoms with Crippen molar-refractivity contribution in [3.63, 3.8) is 0 Å². The molecule has 1 atom stereocenters. The van der Waals surface area contributed by atoms with Crippen LogP contribution in [0.5, 0.6) is 0 Å². The van der Waals surface area contributed by atoms with Crippen molar-refractivity contribution in [2.75, 3.05) is 0 Å². The molecular weight excluding hydrogens is 310 g/mol. The van der Waals surface area contributed by atoms with Crippen LogP contribution in [0.4, 0.5) is 0 Å². The average Bonchev–Trinajstić information content (AvgIpc) is 3.19. The number of aryl methyl sites for hydroxylation is 1. The van der Waals surface area contributed by atoms with Crippen LogP contribution < -0.4 is 5.32 Å². The number of rotatable bonds is 5. The van der Waals surface area contributed by atoms with Crippen molar-refractivity contribution in [2.45, 2.75) is 56.0 Å². The quantitative estimate of drug-likeness (QED) is 0.848. The van der Waals surface area contributed by atoms with Crippen molar-refractivity contribution in [3.05, 3.63) is 29.8 Å². The molecule has 122 valence electrons. The molecule has 0 saturated heterocycles. The van der Waals surface area contributed by atoms with Crippen LogP contribution in [0.2, 0.25) is 0 Å². The molecule has 1 N–H and O–H groups in total. The first-order valence-corrected chi connectivity index (χ1v) is 8.87. The zero-order valence-corrected chi connectivity index (χ0v) is 14.2. The molecule has 0 unspecified atom stereocenters. The fourth-order valence-electron chi connectivity index (χ4n) is 2.75. The number of aromatic nitrogens is 2. The van der Waals surface area contributed by atoms with Gasteiger partial charge in [-0.05, 0) is 38.8 Å². The molecule has 3 rings (SSSR count). The van der Waals surface area contributed by atoms with Crippen molar-refractivity contribution in [1.29, 1.82) is 0 Å². The summed E-state index contributed by atoms with van der Waals surface area (Å²) in [5.74, 6) is 0.525. The predicted octanol–water partition coefficient (Wildman–Crippen LogP) is 3.58. The second-order valence-corrected chi connectivity index (χ2v) is 7.28. The Morgan fingerprint density at radius 1 is 1.35 bits per heavy atom. The minimum absolute atomic E-state index is 0.0391. The maximum atomic E-state index is 12.2. The third-order valence-electron chi connectivity index (χ3n) is 4.02. The highest BCUT2D eigenvalue weighted by atomic mass is 32.2. The molecule has 0 bridgehead atoms.